The molecule has 0 aromatic carbocycles. The fourth-order valence-electron chi connectivity index (χ4n) is 2.49. The van der Waals surface area contributed by atoms with Gasteiger partial charge in [-0.2, -0.15) is 0 Å². The van der Waals surface area contributed by atoms with Gasteiger partial charge in [0.1, 0.15) is 6.04 Å². The van der Waals surface area contributed by atoms with Crippen molar-refractivity contribution in [2.24, 2.45) is 5.92 Å². The number of hydrogen-bond donors (Lipinski definition) is 1. The molecule has 1 rings (SSSR count). The molecule has 0 amide bonds. The first kappa shape index (κ1) is 15.4. The Labute approximate surface area is 111 Å². The molecule has 2 atom stereocenters. The summed E-state index contributed by atoms with van der Waals surface area (Å²) >= 11 is 0. The van der Waals surface area contributed by atoms with Crippen LogP contribution in [0.25, 0.3) is 0 Å². The first-order valence-corrected chi connectivity index (χ1v) is 7.29. The maximum absolute atomic E-state index is 11.9. The Morgan fingerprint density at radius 2 is 2.28 bits per heavy atom. The predicted molar refractivity (Wildman–Crippen MR) is 73.6 cm³/mol. The number of hydrogen-bond acceptors (Lipinski definition) is 4. The Morgan fingerprint density at radius 1 is 1.50 bits per heavy atom. The van der Waals surface area contributed by atoms with Gasteiger partial charge in [-0.1, -0.05) is 13.8 Å². The number of piperidine rings is 1. The summed E-state index contributed by atoms with van der Waals surface area (Å²) in [6.07, 6.45) is 3.58. The lowest BCUT2D eigenvalue weighted by atomic mass is 10.00. The number of esters is 1. The molecule has 0 aromatic heterocycles. The molecule has 1 heterocycles. The van der Waals surface area contributed by atoms with Crippen LogP contribution in [0.2, 0.25) is 0 Å². The van der Waals surface area contributed by atoms with Gasteiger partial charge in [0.2, 0.25) is 0 Å². The SMILES string of the molecule is CCCNC(CN1CCCC(C)C1)C(=O)OCC. The highest BCUT2D eigenvalue weighted by Crippen LogP contribution is 2.15. The Kier molecular flexibility index (Phi) is 7.28. The van der Waals surface area contributed by atoms with Crippen molar-refractivity contribution in [1.82, 2.24) is 10.2 Å². The van der Waals surface area contributed by atoms with Crippen molar-refractivity contribution in [2.45, 2.75) is 46.1 Å². The zero-order valence-electron chi connectivity index (χ0n) is 12.1. The number of likely N-dealkylation sites (tertiary alicyclic amines) is 1. The minimum atomic E-state index is -0.171. The number of ether oxygens (including phenoxy) is 1. The summed E-state index contributed by atoms with van der Waals surface area (Å²) in [6, 6.07) is -0.171. The van der Waals surface area contributed by atoms with Crippen LogP contribution in [0.3, 0.4) is 0 Å². The van der Waals surface area contributed by atoms with Crippen LogP contribution < -0.4 is 5.32 Å². The molecule has 0 aromatic rings. The summed E-state index contributed by atoms with van der Waals surface area (Å²) in [5, 5.41) is 3.30. The Balaban J connectivity index is 2.45. The smallest absolute Gasteiger partial charge is 0.324 e. The normalized spacial score (nSPS) is 22.7. The third kappa shape index (κ3) is 5.36. The quantitative estimate of drug-likeness (QED) is 0.703. The van der Waals surface area contributed by atoms with Crippen LogP contribution in [0.5, 0.6) is 0 Å². The van der Waals surface area contributed by atoms with E-state index in [1.165, 1.54) is 12.8 Å². The van der Waals surface area contributed by atoms with Crippen molar-refractivity contribution < 1.29 is 9.53 Å². The molecule has 0 radical (unpaired) electrons. The number of rotatable bonds is 7. The summed E-state index contributed by atoms with van der Waals surface area (Å²) < 4.78 is 5.14. The summed E-state index contributed by atoms with van der Waals surface area (Å²) in [4.78, 5) is 14.3. The van der Waals surface area contributed by atoms with Gasteiger partial charge in [0.05, 0.1) is 6.61 Å². The molecule has 1 aliphatic rings. The van der Waals surface area contributed by atoms with Crippen LogP contribution in [0.15, 0.2) is 0 Å². The molecule has 1 saturated heterocycles. The van der Waals surface area contributed by atoms with Gasteiger partial charge in [0.15, 0.2) is 0 Å². The second-order valence-corrected chi connectivity index (χ2v) is 5.27. The minimum Gasteiger partial charge on any atom is -0.465 e. The highest BCUT2D eigenvalue weighted by atomic mass is 16.5. The van der Waals surface area contributed by atoms with E-state index in [4.69, 9.17) is 4.74 Å². The fraction of sp³-hybridized carbons (Fsp3) is 0.929. The van der Waals surface area contributed by atoms with Crippen molar-refractivity contribution in [2.75, 3.05) is 32.8 Å². The molecule has 1 aliphatic heterocycles. The van der Waals surface area contributed by atoms with Gasteiger partial charge in [-0.15, -0.1) is 0 Å². The summed E-state index contributed by atoms with van der Waals surface area (Å²) in [6.45, 7) is 10.6. The lowest BCUT2D eigenvalue weighted by Crippen LogP contribution is -2.49. The van der Waals surface area contributed by atoms with Gasteiger partial charge in [0.25, 0.3) is 0 Å². The van der Waals surface area contributed by atoms with E-state index in [1.807, 2.05) is 6.92 Å². The van der Waals surface area contributed by atoms with Crippen LogP contribution in [0.4, 0.5) is 0 Å². The van der Waals surface area contributed by atoms with E-state index in [1.54, 1.807) is 0 Å². The molecule has 1 N–H and O–H groups in total. The third-order valence-electron chi connectivity index (χ3n) is 3.39. The molecule has 0 spiro atoms. The first-order chi connectivity index (χ1) is 8.67. The van der Waals surface area contributed by atoms with Crippen molar-refractivity contribution in [3.05, 3.63) is 0 Å². The lowest BCUT2D eigenvalue weighted by molar-refractivity contribution is -0.146. The molecule has 2 unspecified atom stereocenters. The molecule has 4 heteroatoms. The summed E-state index contributed by atoms with van der Waals surface area (Å²) in [7, 11) is 0. The van der Waals surface area contributed by atoms with Crippen LogP contribution in [-0.2, 0) is 9.53 Å². The number of nitrogens with one attached hydrogen (secondary N) is 1. The van der Waals surface area contributed by atoms with E-state index in [-0.39, 0.29) is 12.0 Å². The molecular weight excluding hydrogens is 228 g/mol. The third-order valence-corrected chi connectivity index (χ3v) is 3.39. The molecular formula is C14H28N2O2. The Hall–Kier alpha value is -0.610. The van der Waals surface area contributed by atoms with Crippen LogP contribution in [0, 0.1) is 5.92 Å². The van der Waals surface area contributed by atoms with E-state index in [9.17, 15) is 4.79 Å². The highest BCUT2D eigenvalue weighted by Gasteiger charge is 2.24. The van der Waals surface area contributed by atoms with E-state index in [0.717, 1.165) is 38.5 Å². The highest BCUT2D eigenvalue weighted by molar-refractivity contribution is 5.76. The Bertz CT molecular complexity index is 246. The zero-order chi connectivity index (χ0) is 13.4. The largest absolute Gasteiger partial charge is 0.465 e. The number of carbonyl (C=O) groups is 1. The molecule has 1 fully saturated rings. The molecule has 18 heavy (non-hydrogen) atoms. The Morgan fingerprint density at radius 3 is 2.89 bits per heavy atom. The maximum Gasteiger partial charge on any atom is 0.324 e. The van der Waals surface area contributed by atoms with Crippen LogP contribution in [-0.4, -0.2) is 49.7 Å². The number of nitrogens with zero attached hydrogens (tertiary/aromatic N) is 1. The van der Waals surface area contributed by atoms with Crippen molar-refractivity contribution >= 4 is 5.97 Å². The van der Waals surface area contributed by atoms with Gasteiger partial charge in [0, 0.05) is 13.1 Å². The van der Waals surface area contributed by atoms with E-state index >= 15 is 0 Å². The molecule has 0 bridgehead atoms. The van der Waals surface area contributed by atoms with Gasteiger partial charge < -0.3 is 15.0 Å². The van der Waals surface area contributed by atoms with E-state index < -0.39 is 0 Å². The molecule has 0 saturated carbocycles. The average molecular weight is 256 g/mol. The summed E-state index contributed by atoms with van der Waals surface area (Å²) in [5.41, 5.74) is 0. The van der Waals surface area contributed by atoms with Crippen molar-refractivity contribution in [3.63, 3.8) is 0 Å². The predicted octanol–water partition coefficient (Wildman–Crippen LogP) is 1.65. The molecule has 0 aliphatic carbocycles. The second-order valence-electron chi connectivity index (χ2n) is 5.27. The van der Waals surface area contributed by atoms with Gasteiger partial charge in [-0.05, 0) is 45.2 Å². The number of carbonyl (C=O) groups excluding carboxylic acids is 1. The first-order valence-electron chi connectivity index (χ1n) is 7.29. The van der Waals surface area contributed by atoms with Crippen LogP contribution >= 0.6 is 0 Å². The van der Waals surface area contributed by atoms with Crippen molar-refractivity contribution in [1.29, 1.82) is 0 Å². The second kappa shape index (κ2) is 8.48. The summed E-state index contributed by atoms with van der Waals surface area (Å²) in [5.74, 6) is 0.636. The molecule has 4 nitrogen and oxygen atoms in total. The molecule has 106 valence electrons. The van der Waals surface area contributed by atoms with Gasteiger partial charge >= 0.3 is 5.97 Å². The zero-order valence-corrected chi connectivity index (χ0v) is 12.1. The van der Waals surface area contributed by atoms with Gasteiger partial charge in [-0.3, -0.25) is 4.79 Å². The van der Waals surface area contributed by atoms with E-state index in [0.29, 0.717) is 6.61 Å². The average Bonchev–Trinajstić information content (AvgIpc) is 2.34. The topological polar surface area (TPSA) is 41.6 Å². The van der Waals surface area contributed by atoms with Gasteiger partial charge in [-0.25, -0.2) is 0 Å². The minimum absolute atomic E-state index is 0.107. The maximum atomic E-state index is 11.9. The standard InChI is InChI=1S/C14H28N2O2/c1-4-8-15-13(14(17)18-5-2)11-16-9-6-7-12(3)10-16/h12-13,15H,4-11H2,1-3H3. The lowest BCUT2D eigenvalue weighted by Gasteiger charge is -2.33. The van der Waals surface area contributed by atoms with Crippen LogP contribution in [0.1, 0.15) is 40.0 Å². The van der Waals surface area contributed by atoms with Crippen molar-refractivity contribution in [3.8, 4) is 0 Å². The van der Waals surface area contributed by atoms with E-state index in [2.05, 4.69) is 24.1 Å². The monoisotopic (exact) mass is 256 g/mol. The fourth-order valence-corrected chi connectivity index (χ4v) is 2.49.